The first-order valence-electron chi connectivity index (χ1n) is 14.5. The molecule has 6 N–H and O–H groups in total. The van der Waals surface area contributed by atoms with Gasteiger partial charge >= 0.3 is 5.97 Å². The quantitative estimate of drug-likeness (QED) is 0.151. The van der Waals surface area contributed by atoms with Crippen LogP contribution in [0.4, 0.5) is 0 Å². The van der Waals surface area contributed by atoms with Crippen molar-refractivity contribution in [3.63, 3.8) is 0 Å². The van der Waals surface area contributed by atoms with Crippen molar-refractivity contribution in [2.75, 3.05) is 13.1 Å². The summed E-state index contributed by atoms with van der Waals surface area (Å²) in [6.45, 7) is 21.3. The third-order valence-corrected chi connectivity index (χ3v) is 7.56. The molecule has 0 aromatic heterocycles. The van der Waals surface area contributed by atoms with E-state index in [0.29, 0.717) is 25.8 Å². The third kappa shape index (κ3) is 14.4. The van der Waals surface area contributed by atoms with Crippen LogP contribution in [-0.4, -0.2) is 64.8 Å². The van der Waals surface area contributed by atoms with Crippen LogP contribution in [0.25, 0.3) is 0 Å². The van der Waals surface area contributed by atoms with Gasteiger partial charge in [0.05, 0.1) is 18.5 Å². The van der Waals surface area contributed by atoms with Gasteiger partial charge in [-0.25, -0.2) is 0 Å². The number of rotatable bonds is 19. The first-order valence-corrected chi connectivity index (χ1v) is 14.5. The zero-order valence-corrected chi connectivity index (χ0v) is 26.4. The average Bonchev–Trinajstić information content (AvgIpc) is 2.78. The molecule has 39 heavy (non-hydrogen) atoms. The van der Waals surface area contributed by atoms with Gasteiger partial charge in [0.25, 0.3) is 0 Å². The van der Waals surface area contributed by atoms with E-state index in [0.717, 1.165) is 25.8 Å². The molecule has 0 bridgehead atoms. The van der Waals surface area contributed by atoms with E-state index in [4.69, 9.17) is 10.8 Å². The highest BCUT2D eigenvalue weighted by molar-refractivity contribution is 5.93. The van der Waals surface area contributed by atoms with Crippen molar-refractivity contribution in [3.8, 4) is 0 Å². The Morgan fingerprint density at radius 1 is 0.718 bits per heavy atom. The smallest absolute Gasteiger partial charge is 0.303 e. The van der Waals surface area contributed by atoms with Crippen LogP contribution in [-0.2, 0) is 19.2 Å². The van der Waals surface area contributed by atoms with Crippen LogP contribution < -0.4 is 21.7 Å². The number of ketones is 2. The molecule has 0 saturated carbocycles. The Hall–Kier alpha value is -1.84. The lowest BCUT2D eigenvalue weighted by atomic mass is 9.69. The summed E-state index contributed by atoms with van der Waals surface area (Å²) in [7, 11) is 0. The summed E-state index contributed by atoms with van der Waals surface area (Å²) in [5, 5.41) is 18.5. The molecule has 0 aliphatic carbocycles. The summed E-state index contributed by atoms with van der Waals surface area (Å²) >= 11 is 0. The fraction of sp³-hybridized carbons (Fsp3) is 0.867. The van der Waals surface area contributed by atoms with Crippen molar-refractivity contribution < 1.29 is 24.3 Å². The second kappa shape index (κ2) is 15.8. The van der Waals surface area contributed by atoms with Gasteiger partial charge in [-0.15, -0.1) is 0 Å². The van der Waals surface area contributed by atoms with Crippen LogP contribution in [0.5, 0.6) is 0 Å². The van der Waals surface area contributed by atoms with Gasteiger partial charge < -0.3 is 26.8 Å². The molecule has 0 spiro atoms. The first-order chi connectivity index (χ1) is 17.6. The van der Waals surface area contributed by atoms with Crippen LogP contribution in [0.15, 0.2) is 0 Å². The van der Waals surface area contributed by atoms with Crippen molar-refractivity contribution in [1.29, 1.82) is 0 Å². The summed E-state index contributed by atoms with van der Waals surface area (Å²) in [5.41, 5.74) is 4.59. The second-order valence-corrected chi connectivity index (χ2v) is 13.9. The minimum Gasteiger partial charge on any atom is -0.481 e. The maximum absolute atomic E-state index is 13.3. The summed E-state index contributed by atoms with van der Waals surface area (Å²) in [5.74, 6) is -1.51. The SMILES string of the molecule is CC(C)(C)NCCCCC(N)C(=O)C(C)(C)C(C)(C)NCCCCC(NC(=O)CCC(=O)O)C(=O)C(C)(C)C. The number of carbonyl (C=O) groups excluding carboxylic acids is 3. The van der Waals surface area contributed by atoms with Gasteiger partial charge in [0, 0.05) is 28.3 Å². The monoisotopic (exact) mass is 554 g/mol. The molecule has 0 aromatic rings. The second-order valence-electron chi connectivity index (χ2n) is 13.9. The Morgan fingerprint density at radius 3 is 1.72 bits per heavy atom. The first kappa shape index (κ1) is 37.2. The number of carboxylic acid groups (broad SMARTS) is 1. The van der Waals surface area contributed by atoms with Crippen molar-refractivity contribution >= 4 is 23.4 Å². The molecule has 9 heteroatoms. The molecule has 0 aliphatic heterocycles. The molecule has 0 aromatic carbocycles. The standard InChI is InChI=1S/C30H58N4O5/c1-27(2,3)26(39)22(34-23(35)17-18-24(36)37)16-12-14-20-33-30(9,10)29(7,8)25(38)21(31)15-11-13-19-32-28(4,5)6/h21-22,32-33H,11-20,31H2,1-10H3,(H,34,35)(H,36,37). The maximum Gasteiger partial charge on any atom is 0.303 e. The van der Waals surface area contributed by atoms with Crippen LogP contribution in [0, 0.1) is 10.8 Å². The number of nitrogens with one attached hydrogen (secondary N) is 3. The lowest BCUT2D eigenvalue weighted by Crippen LogP contribution is -2.58. The summed E-state index contributed by atoms with van der Waals surface area (Å²) in [6.07, 6.45) is 4.00. The van der Waals surface area contributed by atoms with Crippen LogP contribution in [0.2, 0.25) is 0 Å². The van der Waals surface area contributed by atoms with Crippen LogP contribution >= 0.6 is 0 Å². The molecule has 0 radical (unpaired) electrons. The van der Waals surface area contributed by atoms with E-state index in [-0.39, 0.29) is 29.9 Å². The van der Waals surface area contributed by atoms with Gasteiger partial charge in [0.15, 0.2) is 11.6 Å². The molecule has 1 amide bonds. The normalized spacial score (nSPS) is 14.5. The number of Topliss-reactive ketones (excluding diaryl/α,β-unsaturated/α-hetero) is 2. The fourth-order valence-electron chi connectivity index (χ4n) is 4.23. The fourth-order valence-corrected chi connectivity index (χ4v) is 4.23. The van der Waals surface area contributed by atoms with Crippen LogP contribution in [0.1, 0.15) is 121 Å². The zero-order chi connectivity index (χ0) is 30.7. The number of aliphatic carboxylic acids is 1. The predicted molar refractivity (Wildman–Crippen MR) is 158 cm³/mol. The highest BCUT2D eigenvalue weighted by Gasteiger charge is 2.44. The van der Waals surface area contributed by atoms with Gasteiger partial charge in [0.2, 0.25) is 5.91 Å². The van der Waals surface area contributed by atoms with E-state index >= 15 is 0 Å². The lowest BCUT2D eigenvalue weighted by Gasteiger charge is -2.42. The Morgan fingerprint density at radius 2 is 1.23 bits per heavy atom. The van der Waals surface area contributed by atoms with Gasteiger partial charge in [-0.1, -0.05) is 41.0 Å². The largest absolute Gasteiger partial charge is 0.481 e. The Labute approximate surface area is 237 Å². The predicted octanol–water partition coefficient (Wildman–Crippen LogP) is 3.97. The highest BCUT2D eigenvalue weighted by Crippen LogP contribution is 2.33. The van der Waals surface area contributed by atoms with E-state index in [1.165, 1.54) is 0 Å². The molecule has 2 atom stereocenters. The van der Waals surface area contributed by atoms with Crippen molar-refractivity contribution in [2.45, 2.75) is 144 Å². The van der Waals surface area contributed by atoms with E-state index in [2.05, 4.69) is 36.7 Å². The van der Waals surface area contributed by atoms with E-state index < -0.39 is 40.3 Å². The van der Waals surface area contributed by atoms with Gasteiger partial charge in [-0.2, -0.15) is 0 Å². The van der Waals surface area contributed by atoms with Crippen molar-refractivity contribution in [2.24, 2.45) is 16.6 Å². The lowest BCUT2D eigenvalue weighted by molar-refractivity contribution is -0.139. The summed E-state index contributed by atoms with van der Waals surface area (Å²) in [4.78, 5) is 49.1. The number of unbranched alkanes of at least 4 members (excludes halogenated alkanes) is 2. The molecule has 0 saturated heterocycles. The summed E-state index contributed by atoms with van der Waals surface area (Å²) in [6, 6.07) is -1.17. The van der Waals surface area contributed by atoms with E-state index in [9.17, 15) is 19.2 Å². The van der Waals surface area contributed by atoms with E-state index in [1.54, 1.807) is 0 Å². The van der Waals surface area contributed by atoms with Crippen molar-refractivity contribution in [3.05, 3.63) is 0 Å². The van der Waals surface area contributed by atoms with E-state index in [1.807, 2.05) is 48.5 Å². The molecule has 0 aliphatic rings. The molecule has 0 fully saturated rings. The minimum atomic E-state index is -1.05. The number of nitrogens with two attached hydrogens (primary N) is 1. The molecular weight excluding hydrogens is 496 g/mol. The minimum absolute atomic E-state index is 0.0451. The van der Waals surface area contributed by atoms with Gasteiger partial charge in [0.1, 0.15) is 0 Å². The average molecular weight is 555 g/mol. The Kier molecular flexibility index (Phi) is 15.1. The van der Waals surface area contributed by atoms with Gasteiger partial charge in [-0.05, 0) is 79.8 Å². The topological polar surface area (TPSA) is 151 Å². The molecule has 0 rings (SSSR count). The molecule has 9 nitrogen and oxygen atoms in total. The van der Waals surface area contributed by atoms with Gasteiger partial charge in [-0.3, -0.25) is 19.2 Å². The Balaban J connectivity index is 4.83. The zero-order valence-electron chi connectivity index (χ0n) is 26.4. The number of amides is 1. The highest BCUT2D eigenvalue weighted by atomic mass is 16.4. The number of hydrogen-bond acceptors (Lipinski definition) is 7. The third-order valence-electron chi connectivity index (χ3n) is 7.56. The summed E-state index contributed by atoms with van der Waals surface area (Å²) < 4.78 is 0. The Bertz CT molecular complexity index is 809. The number of carbonyl (C=O) groups is 4. The number of carboxylic acids is 1. The molecular formula is C30H58N4O5. The number of hydrogen-bond donors (Lipinski definition) is 5. The molecule has 0 heterocycles. The maximum atomic E-state index is 13.3. The van der Waals surface area contributed by atoms with Crippen molar-refractivity contribution in [1.82, 2.24) is 16.0 Å². The van der Waals surface area contributed by atoms with Crippen LogP contribution in [0.3, 0.4) is 0 Å². The molecule has 2 unspecified atom stereocenters. The molecule has 228 valence electrons.